The van der Waals surface area contributed by atoms with Crippen LogP contribution in [0.5, 0.6) is 5.75 Å². The van der Waals surface area contributed by atoms with Gasteiger partial charge in [0.1, 0.15) is 11.5 Å². The molecule has 0 radical (unpaired) electrons. The molecule has 1 aliphatic carbocycles. The van der Waals surface area contributed by atoms with Crippen molar-refractivity contribution in [2.75, 3.05) is 7.11 Å². The highest BCUT2D eigenvalue weighted by atomic mass is 16.5. The molecule has 0 saturated heterocycles. The molecule has 0 atom stereocenters. The molecule has 1 fully saturated rings. The lowest BCUT2D eigenvalue weighted by atomic mass is 9.73. The van der Waals surface area contributed by atoms with Crippen molar-refractivity contribution in [3.8, 4) is 5.75 Å². The van der Waals surface area contributed by atoms with E-state index in [9.17, 15) is 9.90 Å². The van der Waals surface area contributed by atoms with Gasteiger partial charge in [-0.25, -0.2) is 0 Å². The quantitative estimate of drug-likeness (QED) is 0.643. The Morgan fingerprint density at radius 3 is 2.48 bits per heavy atom. The number of ketones is 1. The minimum absolute atomic E-state index is 0.0144. The van der Waals surface area contributed by atoms with Crippen molar-refractivity contribution in [2.45, 2.75) is 46.5 Å². The maximum Gasteiger partial charge on any atom is 0.168 e. The topological polar surface area (TPSA) is 58.9 Å². The average Bonchev–Trinajstić information content (AvgIpc) is 2.46. The second kappa shape index (κ2) is 6.99. The Hall–Kier alpha value is -2.10. The van der Waals surface area contributed by atoms with Crippen LogP contribution in [-0.2, 0) is 4.79 Å². The number of rotatable bonds is 4. The fourth-order valence-electron chi connectivity index (χ4n) is 2.89. The zero-order chi connectivity index (χ0) is 17.0. The van der Waals surface area contributed by atoms with Crippen LogP contribution in [0.15, 0.2) is 40.6 Å². The number of carbonyl (C=O) groups excluding carboxylic acids is 1. The molecule has 0 amide bonds. The van der Waals surface area contributed by atoms with Crippen molar-refractivity contribution in [2.24, 2.45) is 10.4 Å². The third-order valence-electron chi connectivity index (χ3n) is 3.96. The lowest BCUT2D eigenvalue weighted by molar-refractivity contribution is -0.117. The second-order valence-electron chi connectivity index (χ2n) is 6.77. The minimum Gasteiger partial charge on any atom is -0.511 e. The molecule has 2 rings (SSSR count). The summed E-state index contributed by atoms with van der Waals surface area (Å²) in [4.78, 5) is 17.2. The van der Waals surface area contributed by atoms with E-state index in [-0.39, 0.29) is 17.0 Å². The molecule has 1 aromatic carbocycles. The summed E-state index contributed by atoms with van der Waals surface area (Å²) in [5, 5.41) is 10.3. The predicted octanol–water partition coefficient (Wildman–Crippen LogP) is 4.77. The lowest BCUT2D eigenvalue weighted by Gasteiger charge is -2.31. The van der Waals surface area contributed by atoms with E-state index in [2.05, 4.69) is 18.8 Å². The third kappa shape index (κ3) is 4.21. The third-order valence-corrected chi connectivity index (χ3v) is 3.96. The van der Waals surface area contributed by atoms with Crippen LogP contribution in [0.1, 0.15) is 46.5 Å². The van der Waals surface area contributed by atoms with Crippen LogP contribution in [0, 0.1) is 5.41 Å². The number of ether oxygens (including phenoxy) is 1. The Morgan fingerprint density at radius 2 is 1.91 bits per heavy atom. The fourth-order valence-corrected chi connectivity index (χ4v) is 2.89. The van der Waals surface area contributed by atoms with E-state index in [0.717, 1.165) is 17.9 Å². The van der Waals surface area contributed by atoms with Crippen LogP contribution in [0.25, 0.3) is 0 Å². The number of nitrogens with zero attached hydrogens (tertiary/aromatic N) is 1. The molecule has 4 nitrogen and oxygen atoms in total. The molecule has 124 valence electrons. The van der Waals surface area contributed by atoms with E-state index in [4.69, 9.17) is 4.74 Å². The van der Waals surface area contributed by atoms with Gasteiger partial charge in [-0.05, 0) is 42.5 Å². The zero-order valence-corrected chi connectivity index (χ0v) is 14.3. The second-order valence-corrected chi connectivity index (χ2v) is 6.77. The van der Waals surface area contributed by atoms with Gasteiger partial charge in [0.05, 0.1) is 24.1 Å². The van der Waals surface area contributed by atoms with Gasteiger partial charge in [0.25, 0.3) is 0 Å². The number of methoxy groups -OCH3 is 1. The fraction of sp³-hybridized carbons (Fsp3) is 0.474. The van der Waals surface area contributed by atoms with E-state index in [1.54, 1.807) is 7.11 Å². The maximum atomic E-state index is 12.5. The van der Waals surface area contributed by atoms with E-state index in [1.165, 1.54) is 0 Å². The molecular formula is C19H25NO3. The number of allylic oxidation sites excluding steroid dienone is 2. The minimum atomic E-state index is -0.140. The summed E-state index contributed by atoms with van der Waals surface area (Å²) in [6, 6.07) is 7.38. The number of benzene rings is 1. The first-order valence-electron chi connectivity index (χ1n) is 8.03. The maximum absolute atomic E-state index is 12.5. The SMILES string of the molecule is CCC/C(O)=C1\C(=O)CC(C)(C)CC1=Nc1ccc(OC)cc1. The first kappa shape index (κ1) is 17.3. The van der Waals surface area contributed by atoms with Crippen LogP contribution in [0.2, 0.25) is 0 Å². The van der Waals surface area contributed by atoms with E-state index in [0.29, 0.717) is 30.5 Å². The number of aliphatic imine (C=N–C) groups is 1. The number of aliphatic hydroxyl groups excluding tert-OH is 1. The smallest absolute Gasteiger partial charge is 0.168 e. The molecule has 0 unspecified atom stereocenters. The van der Waals surface area contributed by atoms with Crippen LogP contribution < -0.4 is 4.74 Å². The van der Waals surface area contributed by atoms with Gasteiger partial charge >= 0.3 is 0 Å². The van der Waals surface area contributed by atoms with Crippen molar-refractivity contribution in [1.82, 2.24) is 0 Å². The molecule has 0 bridgehead atoms. The van der Waals surface area contributed by atoms with Crippen LogP contribution >= 0.6 is 0 Å². The highest BCUT2D eigenvalue weighted by Gasteiger charge is 2.36. The molecule has 1 saturated carbocycles. The van der Waals surface area contributed by atoms with E-state index in [1.807, 2.05) is 31.2 Å². The van der Waals surface area contributed by atoms with Crippen molar-refractivity contribution < 1.29 is 14.6 Å². The molecular weight excluding hydrogens is 290 g/mol. The average molecular weight is 315 g/mol. The highest BCUT2D eigenvalue weighted by Crippen LogP contribution is 2.36. The molecule has 4 heteroatoms. The van der Waals surface area contributed by atoms with Crippen LogP contribution in [0.3, 0.4) is 0 Å². The molecule has 1 aromatic rings. The summed E-state index contributed by atoms with van der Waals surface area (Å²) < 4.78 is 5.15. The molecule has 0 aromatic heterocycles. The molecule has 1 N–H and O–H groups in total. The molecule has 0 heterocycles. The molecule has 0 aliphatic heterocycles. The monoisotopic (exact) mass is 315 g/mol. The van der Waals surface area contributed by atoms with E-state index >= 15 is 0 Å². The first-order chi connectivity index (χ1) is 10.9. The van der Waals surface area contributed by atoms with Crippen molar-refractivity contribution in [3.05, 3.63) is 35.6 Å². The van der Waals surface area contributed by atoms with Gasteiger partial charge in [0.2, 0.25) is 0 Å². The highest BCUT2D eigenvalue weighted by molar-refractivity contribution is 6.25. The van der Waals surface area contributed by atoms with Crippen molar-refractivity contribution >= 4 is 17.2 Å². The summed E-state index contributed by atoms with van der Waals surface area (Å²) in [5.41, 5.74) is 1.72. The van der Waals surface area contributed by atoms with Crippen molar-refractivity contribution in [3.63, 3.8) is 0 Å². The van der Waals surface area contributed by atoms with Crippen LogP contribution in [0.4, 0.5) is 5.69 Å². The number of aliphatic hydroxyl groups is 1. The summed E-state index contributed by atoms with van der Waals surface area (Å²) in [7, 11) is 1.62. The Balaban J connectivity index is 2.45. The van der Waals surface area contributed by atoms with Gasteiger partial charge in [0.15, 0.2) is 5.78 Å². The zero-order valence-electron chi connectivity index (χ0n) is 14.3. The van der Waals surface area contributed by atoms with Gasteiger partial charge in [-0.15, -0.1) is 0 Å². The Morgan fingerprint density at radius 1 is 1.26 bits per heavy atom. The van der Waals surface area contributed by atoms with Gasteiger partial charge in [-0.3, -0.25) is 9.79 Å². The van der Waals surface area contributed by atoms with Gasteiger partial charge in [-0.2, -0.15) is 0 Å². The summed E-state index contributed by atoms with van der Waals surface area (Å²) in [6.07, 6.45) is 2.41. The van der Waals surface area contributed by atoms with E-state index < -0.39 is 0 Å². The van der Waals surface area contributed by atoms with Gasteiger partial charge in [0, 0.05) is 12.8 Å². The molecule has 23 heavy (non-hydrogen) atoms. The van der Waals surface area contributed by atoms with Crippen LogP contribution in [-0.4, -0.2) is 23.7 Å². The molecule has 1 aliphatic rings. The summed E-state index contributed by atoms with van der Waals surface area (Å²) in [5.74, 6) is 0.915. The summed E-state index contributed by atoms with van der Waals surface area (Å²) in [6.45, 7) is 6.10. The first-order valence-corrected chi connectivity index (χ1v) is 8.03. The normalized spacial score (nSPS) is 21.4. The summed E-state index contributed by atoms with van der Waals surface area (Å²) >= 11 is 0. The van der Waals surface area contributed by atoms with Gasteiger partial charge < -0.3 is 9.84 Å². The number of Topliss-reactive ketones (excluding diaryl/α,β-unsaturated/α-hetero) is 1. The Kier molecular flexibility index (Phi) is 5.24. The molecule has 0 spiro atoms. The number of hydrogen-bond donors (Lipinski definition) is 1. The van der Waals surface area contributed by atoms with Gasteiger partial charge in [-0.1, -0.05) is 20.8 Å². The number of carbonyl (C=O) groups is 1. The van der Waals surface area contributed by atoms with Crippen molar-refractivity contribution in [1.29, 1.82) is 0 Å². The Labute approximate surface area is 137 Å². The predicted molar refractivity (Wildman–Crippen MR) is 92.7 cm³/mol. The number of hydrogen-bond acceptors (Lipinski definition) is 4. The standard InChI is InChI=1S/C19H25NO3/c1-5-6-16(21)18-15(11-19(2,3)12-17(18)22)20-13-7-9-14(23-4)10-8-13/h7-10,21H,5-6,11-12H2,1-4H3/b18-16+,20-15?. The Bertz CT molecular complexity index is 639. The largest absolute Gasteiger partial charge is 0.511 e. The lowest BCUT2D eigenvalue weighted by Crippen LogP contribution is -2.32.